The van der Waals surface area contributed by atoms with Gasteiger partial charge in [-0.25, -0.2) is 4.79 Å². The van der Waals surface area contributed by atoms with E-state index >= 15 is 0 Å². The van der Waals surface area contributed by atoms with Crippen molar-refractivity contribution in [2.24, 2.45) is 0 Å². The molecule has 1 aromatic carbocycles. The first kappa shape index (κ1) is 11.2. The zero-order valence-electron chi connectivity index (χ0n) is 8.53. The molecule has 82 valence electrons. The molecule has 0 aliphatic heterocycles. The summed E-state index contributed by atoms with van der Waals surface area (Å²) in [6, 6.07) is 8.88. The summed E-state index contributed by atoms with van der Waals surface area (Å²) in [6.45, 7) is 1.90. The van der Waals surface area contributed by atoms with Gasteiger partial charge in [0.1, 0.15) is 0 Å². The van der Waals surface area contributed by atoms with Crippen LogP contribution in [0.1, 0.15) is 15.9 Å². The van der Waals surface area contributed by atoms with Gasteiger partial charge in [-0.3, -0.25) is 0 Å². The lowest BCUT2D eigenvalue weighted by atomic mass is 10.0. The Morgan fingerprint density at radius 1 is 1.31 bits per heavy atom. The van der Waals surface area contributed by atoms with E-state index in [9.17, 15) is 4.79 Å². The number of thiophene rings is 1. The van der Waals surface area contributed by atoms with Crippen LogP contribution in [0.25, 0.3) is 10.4 Å². The lowest BCUT2D eigenvalue weighted by Crippen LogP contribution is -1.96. The van der Waals surface area contributed by atoms with Gasteiger partial charge in [0.15, 0.2) is 0 Å². The van der Waals surface area contributed by atoms with Gasteiger partial charge in [-0.1, -0.05) is 17.7 Å². The SMILES string of the molecule is Cc1cc(C(=O)O)ccc1-c1ccc(Cl)s1. The van der Waals surface area contributed by atoms with E-state index in [4.69, 9.17) is 16.7 Å². The molecule has 0 radical (unpaired) electrons. The van der Waals surface area contributed by atoms with Crippen molar-refractivity contribution in [1.82, 2.24) is 0 Å². The van der Waals surface area contributed by atoms with Gasteiger partial charge in [0.2, 0.25) is 0 Å². The predicted octanol–water partition coefficient (Wildman–Crippen LogP) is 4.08. The van der Waals surface area contributed by atoms with E-state index in [-0.39, 0.29) is 0 Å². The molecule has 0 aliphatic carbocycles. The first-order valence-electron chi connectivity index (χ1n) is 4.67. The van der Waals surface area contributed by atoms with Crippen LogP contribution in [-0.2, 0) is 0 Å². The van der Waals surface area contributed by atoms with E-state index in [0.29, 0.717) is 5.56 Å². The Balaban J connectivity index is 2.47. The fourth-order valence-electron chi connectivity index (χ4n) is 1.53. The average molecular weight is 253 g/mol. The number of carboxylic acid groups (broad SMARTS) is 1. The predicted molar refractivity (Wildman–Crippen MR) is 66.5 cm³/mol. The van der Waals surface area contributed by atoms with Crippen LogP contribution in [0.3, 0.4) is 0 Å². The Morgan fingerprint density at radius 2 is 2.06 bits per heavy atom. The van der Waals surface area contributed by atoms with Gasteiger partial charge in [0.05, 0.1) is 9.90 Å². The molecule has 0 spiro atoms. The number of carboxylic acids is 1. The van der Waals surface area contributed by atoms with Crippen LogP contribution in [0.15, 0.2) is 30.3 Å². The largest absolute Gasteiger partial charge is 0.478 e. The fraction of sp³-hybridized carbons (Fsp3) is 0.0833. The van der Waals surface area contributed by atoms with Crippen molar-refractivity contribution in [1.29, 1.82) is 0 Å². The van der Waals surface area contributed by atoms with E-state index in [0.717, 1.165) is 20.3 Å². The maximum Gasteiger partial charge on any atom is 0.335 e. The monoisotopic (exact) mass is 252 g/mol. The highest BCUT2D eigenvalue weighted by atomic mass is 35.5. The van der Waals surface area contributed by atoms with Gasteiger partial charge in [-0.15, -0.1) is 11.3 Å². The van der Waals surface area contributed by atoms with Crippen molar-refractivity contribution >= 4 is 28.9 Å². The number of benzene rings is 1. The maximum absolute atomic E-state index is 10.8. The van der Waals surface area contributed by atoms with Crippen LogP contribution in [0, 0.1) is 6.92 Å². The third-order valence-corrected chi connectivity index (χ3v) is 3.58. The van der Waals surface area contributed by atoms with Gasteiger partial charge in [-0.05, 0) is 42.3 Å². The fourth-order valence-corrected chi connectivity index (χ4v) is 2.67. The number of carbonyl (C=O) groups is 1. The first-order valence-corrected chi connectivity index (χ1v) is 5.87. The topological polar surface area (TPSA) is 37.3 Å². The van der Waals surface area contributed by atoms with Crippen molar-refractivity contribution in [3.63, 3.8) is 0 Å². The third-order valence-electron chi connectivity index (χ3n) is 2.31. The molecule has 1 N–H and O–H groups in total. The molecular formula is C12H9ClO2S. The normalized spacial score (nSPS) is 10.4. The van der Waals surface area contributed by atoms with E-state index in [1.807, 2.05) is 25.1 Å². The van der Waals surface area contributed by atoms with Crippen molar-refractivity contribution in [3.05, 3.63) is 45.8 Å². The zero-order chi connectivity index (χ0) is 11.7. The lowest BCUT2D eigenvalue weighted by molar-refractivity contribution is 0.0697. The Hall–Kier alpha value is -1.32. The number of hydrogen-bond acceptors (Lipinski definition) is 2. The second-order valence-electron chi connectivity index (χ2n) is 3.44. The van der Waals surface area contributed by atoms with Crippen LogP contribution in [0.5, 0.6) is 0 Å². The smallest absolute Gasteiger partial charge is 0.335 e. The molecule has 1 aromatic heterocycles. The number of rotatable bonds is 2. The highest BCUT2D eigenvalue weighted by Gasteiger charge is 2.08. The Bertz CT molecular complexity index is 546. The molecule has 4 heteroatoms. The first-order chi connectivity index (χ1) is 7.58. The minimum absolute atomic E-state index is 0.309. The van der Waals surface area contributed by atoms with Crippen LogP contribution in [-0.4, -0.2) is 11.1 Å². The number of hydrogen-bond donors (Lipinski definition) is 1. The molecule has 0 atom stereocenters. The number of aryl methyl sites for hydroxylation is 1. The maximum atomic E-state index is 10.8. The molecule has 0 amide bonds. The molecular weight excluding hydrogens is 244 g/mol. The van der Waals surface area contributed by atoms with E-state index in [1.54, 1.807) is 12.1 Å². The number of aromatic carboxylic acids is 1. The summed E-state index contributed by atoms with van der Waals surface area (Å²) in [7, 11) is 0. The summed E-state index contributed by atoms with van der Waals surface area (Å²) in [5.74, 6) is -0.904. The Labute approximate surface area is 102 Å². The second kappa shape index (κ2) is 4.28. The molecule has 0 bridgehead atoms. The standard InChI is InChI=1S/C12H9ClO2S/c1-7-6-8(12(14)15)2-3-9(7)10-4-5-11(13)16-10/h2-6H,1H3,(H,14,15). The third kappa shape index (κ3) is 2.10. The number of halogens is 1. The molecule has 2 aromatic rings. The van der Waals surface area contributed by atoms with Crippen molar-refractivity contribution in [2.75, 3.05) is 0 Å². The van der Waals surface area contributed by atoms with Gasteiger partial charge in [0.25, 0.3) is 0 Å². The lowest BCUT2D eigenvalue weighted by Gasteiger charge is -2.04. The highest BCUT2D eigenvalue weighted by molar-refractivity contribution is 7.19. The van der Waals surface area contributed by atoms with Crippen LogP contribution in [0.2, 0.25) is 4.34 Å². The van der Waals surface area contributed by atoms with E-state index < -0.39 is 5.97 Å². The molecule has 0 saturated carbocycles. The Morgan fingerprint density at radius 3 is 2.56 bits per heavy atom. The molecule has 2 rings (SSSR count). The summed E-state index contributed by atoms with van der Waals surface area (Å²) in [5, 5.41) is 8.86. The summed E-state index contributed by atoms with van der Waals surface area (Å²) in [4.78, 5) is 11.8. The summed E-state index contributed by atoms with van der Waals surface area (Å²) < 4.78 is 0.733. The van der Waals surface area contributed by atoms with E-state index in [2.05, 4.69) is 0 Å². The molecule has 0 fully saturated rings. The average Bonchev–Trinajstić information content (AvgIpc) is 2.64. The van der Waals surface area contributed by atoms with Crippen LogP contribution in [0.4, 0.5) is 0 Å². The molecule has 16 heavy (non-hydrogen) atoms. The van der Waals surface area contributed by atoms with Crippen molar-refractivity contribution < 1.29 is 9.90 Å². The Kier molecular flexibility index (Phi) is 2.99. The second-order valence-corrected chi connectivity index (χ2v) is 5.15. The summed E-state index contributed by atoms with van der Waals surface area (Å²) >= 11 is 7.36. The van der Waals surface area contributed by atoms with Crippen LogP contribution < -0.4 is 0 Å². The summed E-state index contributed by atoms with van der Waals surface area (Å²) in [5.41, 5.74) is 2.28. The van der Waals surface area contributed by atoms with Gasteiger partial charge in [-0.2, -0.15) is 0 Å². The van der Waals surface area contributed by atoms with Gasteiger partial charge < -0.3 is 5.11 Å². The molecule has 0 aliphatic rings. The molecule has 2 nitrogen and oxygen atoms in total. The highest BCUT2D eigenvalue weighted by Crippen LogP contribution is 2.33. The van der Waals surface area contributed by atoms with Crippen molar-refractivity contribution in [3.8, 4) is 10.4 Å². The minimum atomic E-state index is -0.904. The van der Waals surface area contributed by atoms with Crippen molar-refractivity contribution in [2.45, 2.75) is 6.92 Å². The molecule has 1 heterocycles. The zero-order valence-corrected chi connectivity index (χ0v) is 10.1. The molecule has 0 unspecified atom stereocenters. The van der Waals surface area contributed by atoms with E-state index in [1.165, 1.54) is 11.3 Å². The summed E-state index contributed by atoms with van der Waals surface area (Å²) in [6.07, 6.45) is 0. The van der Waals surface area contributed by atoms with Gasteiger partial charge in [0, 0.05) is 4.88 Å². The molecule has 0 saturated heterocycles. The quantitative estimate of drug-likeness (QED) is 0.875. The van der Waals surface area contributed by atoms with Crippen LogP contribution >= 0.6 is 22.9 Å². The minimum Gasteiger partial charge on any atom is -0.478 e. The van der Waals surface area contributed by atoms with Gasteiger partial charge >= 0.3 is 5.97 Å².